The molecular weight excluding hydrogens is 363 g/mol. The monoisotopic (exact) mass is 382 g/mol. The molecule has 0 aliphatic rings. The van der Waals surface area contributed by atoms with Gasteiger partial charge in [0.25, 0.3) is 0 Å². The van der Waals surface area contributed by atoms with Gasteiger partial charge in [-0.05, 0) is 59.7 Å². The molecule has 4 aromatic carbocycles. The van der Waals surface area contributed by atoms with E-state index in [-0.39, 0.29) is 5.82 Å². The zero-order chi connectivity index (χ0) is 20.1. The number of aryl methyl sites for hydroxylation is 1. The molecule has 5 aromatic rings. The first-order chi connectivity index (χ1) is 14.0. The van der Waals surface area contributed by atoms with Crippen LogP contribution in [0, 0.1) is 12.7 Å². The summed E-state index contributed by atoms with van der Waals surface area (Å²) in [7, 11) is 0. The molecule has 0 saturated heterocycles. The molecule has 3 nitrogen and oxygen atoms in total. The van der Waals surface area contributed by atoms with E-state index in [0.29, 0.717) is 22.9 Å². The summed E-state index contributed by atoms with van der Waals surface area (Å²) in [6.07, 6.45) is 0. The van der Waals surface area contributed by atoms with E-state index in [1.54, 1.807) is 12.1 Å². The van der Waals surface area contributed by atoms with Gasteiger partial charge in [-0.3, -0.25) is 4.79 Å². The van der Waals surface area contributed by atoms with Crippen molar-refractivity contribution in [3.8, 4) is 0 Å². The Morgan fingerprint density at radius 2 is 1.72 bits per heavy atom. The van der Waals surface area contributed by atoms with Crippen molar-refractivity contribution >= 4 is 38.5 Å². The van der Waals surface area contributed by atoms with E-state index in [1.165, 1.54) is 28.5 Å². The number of amides is 1. The Labute approximate surface area is 167 Å². The third kappa shape index (κ3) is 2.85. The van der Waals surface area contributed by atoms with Crippen molar-refractivity contribution in [2.75, 3.05) is 0 Å². The van der Waals surface area contributed by atoms with Gasteiger partial charge in [-0.25, -0.2) is 4.39 Å². The van der Waals surface area contributed by atoms with E-state index < -0.39 is 5.91 Å². The van der Waals surface area contributed by atoms with Crippen molar-refractivity contribution < 1.29 is 9.18 Å². The number of fused-ring (bicyclic) bond motifs is 4. The van der Waals surface area contributed by atoms with Gasteiger partial charge in [0.05, 0.1) is 5.52 Å². The van der Waals surface area contributed by atoms with Gasteiger partial charge in [-0.1, -0.05) is 42.0 Å². The number of primary amides is 1. The lowest BCUT2D eigenvalue weighted by Gasteiger charge is -2.10. The Hall–Kier alpha value is -3.66. The quantitative estimate of drug-likeness (QED) is 0.437. The van der Waals surface area contributed by atoms with Gasteiger partial charge in [-0.2, -0.15) is 0 Å². The number of hydrogen-bond acceptors (Lipinski definition) is 1. The lowest BCUT2D eigenvalue weighted by molar-refractivity contribution is 0.100. The second-order valence-electron chi connectivity index (χ2n) is 7.50. The topological polar surface area (TPSA) is 48.0 Å². The molecule has 4 heteroatoms. The highest BCUT2D eigenvalue weighted by Gasteiger charge is 2.17. The molecule has 0 bridgehead atoms. The fourth-order valence-corrected chi connectivity index (χ4v) is 4.19. The predicted molar refractivity (Wildman–Crippen MR) is 116 cm³/mol. The van der Waals surface area contributed by atoms with E-state index in [2.05, 4.69) is 47.9 Å². The number of carbonyl (C=O) groups is 1. The first-order valence-electron chi connectivity index (χ1n) is 9.51. The average molecular weight is 382 g/mol. The van der Waals surface area contributed by atoms with Crippen LogP contribution >= 0.6 is 0 Å². The molecule has 1 aromatic heterocycles. The molecule has 5 rings (SSSR count). The first kappa shape index (κ1) is 17.4. The Balaban J connectivity index is 1.75. The Morgan fingerprint density at radius 1 is 0.931 bits per heavy atom. The highest BCUT2D eigenvalue weighted by Crippen LogP contribution is 2.33. The number of aromatic nitrogens is 1. The molecule has 0 saturated carbocycles. The minimum Gasteiger partial charge on any atom is -0.366 e. The van der Waals surface area contributed by atoms with Crippen molar-refractivity contribution in [3.05, 3.63) is 95.3 Å². The van der Waals surface area contributed by atoms with E-state index in [0.717, 1.165) is 16.6 Å². The molecule has 0 atom stereocenters. The van der Waals surface area contributed by atoms with E-state index >= 15 is 0 Å². The van der Waals surface area contributed by atoms with Gasteiger partial charge in [0, 0.05) is 28.4 Å². The second-order valence-corrected chi connectivity index (χ2v) is 7.50. The Bertz CT molecular complexity index is 1430. The minimum atomic E-state index is -0.514. The summed E-state index contributed by atoms with van der Waals surface area (Å²) >= 11 is 0. The molecule has 1 amide bonds. The van der Waals surface area contributed by atoms with Gasteiger partial charge >= 0.3 is 0 Å². The number of rotatable bonds is 3. The summed E-state index contributed by atoms with van der Waals surface area (Å²) < 4.78 is 16.1. The zero-order valence-electron chi connectivity index (χ0n) is 15.9. The lowest BCUT2D eigenvalue weighted by Crippen LogP contribution is -2.11. The highest BCUT2D eigenvalue weighted by molar-refractivity contribution is 6.17. The molecule has 0 spiro atoms. The van der Waals surface area contributed by atoms with Crippen LogP contribution in [0.5, 0.6) is 0 Å². The standard InChI is InChI=1S/C25H19FN2O/c1-15-5-7-18-12-16(6-8-17(18)11-15)14-28-22-10-9-19(26)13-21(22)24-20(25(27)29)3-2-4-23(24)28/h2-13H,14H2,1H3,(H2,27,29). The van der Waals surface area contributed by atoms with Gasteiger partial charge in [0.1, 0.15) is 5.82 Å². The van der Waals surface area contributed by atoms with Crippen molar-refractivity contribution in [2.45, 2.75) is 13.5 Å². The SMILES string of the molecule is Cc1ccc2cc(Cn3c4ccc(F)cc4c4c(C(N)=O)cccc43)ccc2c1. The molecule has 1 heterocycles. The maximum absolute atomic E-state index is 14.0. The van der Waals surface area contributed by atoms with Gasteiger partial charge in [0.15, 0.2) is 0 Å². The fraction of sp³-hybridized carbons (Fsp3) is 0.0800. The zero-order valence-corrected chi connectivity index (χ0v) is 15.9. The van der Waals surface area contributed by atoms with Crippen LogP contribution in [-0.4, -0.2) is 10.5 Å². The first-order valence-corrected chi connectivity index (χ1v) is 9.51. The summed E-state index contributed by atoms with van der Waals surface area (Å²) in [6, 6.07) is 23.0. The summed E-state index contributed by atoms with van der Waals surface area (Å²) in [6.45, 7) is 2.69. The van der Waals surface area contributed by atoms with Crippen LogP contribution in [0.15, 0.2) is 72.8 Å². The van der Waals surface area contributed by atoms with Crippen LogP contribution in [0.25, 0.3) is 32.6 Å². The molecule has 0 aliphatic carbocycles. The Morgan fingerprint density at radius 3 is 2.55 bits per heavy atom. The molecule has 29 heavy (non-hydrogen) atoms. The van der Waals surface area contributed by atoms with Crippen LogP contribution in [0.2, 0.25) is 0 Å². The smallest absolute Gasteiger partial charge is 0.249 e. The van der Waals surface area contributed by atoms with E-state index in [9.17, 15) is 9.18 Å². The number of benzene rings is 4. The fourth-order valence-electron chi connectivity index (χ4n) is 4.19. The highest BCUT2D eigenvalue weighted by atomic mass is 19.1. The largest absolute Gasteiger partial charge is 0.366 e. The number of nitrogens with zero attached hydrogens (tertiary/aromatic N) is 1. The van der Waals surface area contributed by atoms with Crippen molar-refractivity contribution in [1.29, 1.82) is 0 Å². The number of halogens is 1. The van der Waals surface area contributed by atoms with E-state index in [4.69, 9.17) is 5.73 Å². The van der Waals surface area contributed by atoms with Crippen LogP contribution in [0.3, 0.4) is 0 Å². The summed E-state index contributed by atoms with van der Waals surface area (Å²) in [5.74, 6) is -0.850. The van der Waals surface area contributed by atoms with Crippen LogP contribution in [-0.2, 0) is 6.54 Å². The maximum atomic E-state index is 14.0. The normalized spacial score (nSPS) is 11.5. The predicted octanol–water partition coefficient (Wildman–Crippen LogP) is 5.54. The minimum absolute atomic E-state index is 0.336. The van der Waals surface area contributed by atoms with Crippen LogP contribution < -0.4 is 5.73 Å². The van der Waals surface area contributed by atoms with Crippen LogP contribution in [0.4, 0.5) is 4.39 Å². The van der Waals surface area contributed by atoms with Crippen molar-refractivity contribution in [2.24, 2.45) is 5.73 Å². The van der Waals surface area contributed by atoms with Crippen LogP contribution in [0.1, 0.15) is 21.5 Å². The third-order valence-corrected chi connectivity index (χ3v) is 5.52. The average Bonchev–Trinajstić information content (AvgIpc) is 3.01. The van der Waals surface area contributed by atoms with Gasteiger partial charge in [-0.15, -0.1) is 0 Å². The molecule has 142 valence electrons. The van der Waals surface area contributed by atoms with Gasteiger partial charge < -0.3 is 10.3 Å². The van der Waals surface area contributed by atoms with Gasteiger partial charge in [0.2, 0.25) is 5.91 Å². The molecule has 0 unspecified atom stereocenters. The molecule has 0 radical (unpaired) electrons. The Kier molecular flexibility index (Phi) is 3.88. The summed E-state index contributed by atoms with van der Waals surface area (Å²) in [5, 5.41) is 3.78. The molecule has 0 aliphatic heterocycles. The lowest BCUT2D eigenvalue weighted by atomic mass is 10.0. The molecular formula is C25H19FN2O. The molecule has 0 fully saturated rings. The van der Waals surface area contributed by atoms with Crippen molar-refractivity contribution in [3.63, 3.8) is 0 Å². The second kappa shape index (κ2) is 6.45. The number of hydrogen-bond donors (Lipinski definition) is 1. The maximum Gasteiger partial charge on any atom is 0.249 e. The molecule has 2 N–H and O–H groups in total. The summed E-state index contributed by atoms with van der Waals surface area (Å²) in [4.78, 5) is 12.0. The van der Waals surface area contributed by atoms with E-state index in [1.807, 2.05) is 12.1 Å². The van der Waals surface area contributed by atoms with Crippen molar-refractivity contribution in [1.82, 2.24) is 4.57 Å². The third-order valence-electron chi connectivity index (χ3n) is 5.52. The number of carbonyl (C=O) groups excluding carboxylic acids is 1. The summed E-state index contributed by atoms with van der Waals surface area (Å²) in [5.41, 5.74) is 10.1. The number of nitrogens with two attached hydrogens (primary N) is 1.